The molecule has 2 unspecified atom stereocenters. The summed E-state index contributed by atoms with van der Waals surface area (Å²) in [6, 6.07) is 15.6. The van der Waals surface area contributed by atoms with E-state index >= 15 is 0 Å². The molecule has 2 aromatic rings. The Morgan fingerprint density at radius 1 is 1.10 bits per heavy atom. The summed E-state index contributed by atoms with van der Waals surface area (Å²) in [6.07, 6.45) is 1.55. The first-order valence-corrected chi connectivity index (χ1v) is 7.49. The molecule has 3 nitrogen and oxygen atoms in total. The highest BCUT2D eigenvalue weighted by atomic mass is 16.3. The van der Waals surface area contributed by atoms with Crippen LogP contribution in [0.3, 0.4) is 0 Å². The Balaban J connectivity index is 1.87. The molecule has 2 atom stereocenters. The molecule has 0 bridgehead atoms. The van der Waals surface area contributed by atoms with E-state index in [1.807, 2.05) is 36.4 Å². The molecule has 0 saturated carbocycles. The predicted octanol–water partition coefficient (Wildman–Crippen LogP) is 2.80. The maximum Gasteiger partial charge on any atom is 0.0982 e. The van der Waals surface area contributed by atoms with Gasteiger partial charge in [-0.15, -0.1) is 0 Å². The smallest absolute Gasteiger partial charge is 0.0982 e. The first kappa shape index (κ1) is 14.1. The molecule has 3 N–H and O–H groups in total. The van der Waals surface area contributed by atoms with Gasteiger partial charge in [0, 0.05) is 19.3 Å². The van der Waals surface area contributed by atoms with Crippen LogP contribution in [0, 0.1) is 0 Å². The largest absolute Gasteiger partial charge is 0.386 e. The van der Waals surface area contributed by atoms with Gasteiger partial charge in [0.15, 0.2) is 0 Å². The minimum atomic E-state index is -0.676. The van der Waals surface area contributed by atoms with Crippen molar-refractivity contribution in [1.82, 2.24) is 0 Å². The Labute approximate surface area is 126 Å². The Hall–Kier alpha value is -1.84. The minimum Gasteiger partial charge on any atom is -0.386 e. The number of aryl methyl sites for hydroxylation is 1. The van der Waals surface area contributed by atoms with Crippen LogP contribution in [0.25, 0.3) is 0 Å². The fourth-order valence-corrected chi connectivity index (χ4v) is 3.05. The lowest BCUT2D eigenvalue weighted by molar-refractivity contribution is 0.147. The van der Waals surface area contributed by atoms with Crippen molar-refractivity contribution in [3.8, 4) is 0 Å². The molecule has 110 valence electrons. The van der Waals surface area contributed by atoms with Gasteiger partial charge in [-0.3, -0.25) is 0 Å². The van der Waals surface area contributed by atoms with Gasteiger partial charge in [-0.05, 0) is 35.6 Å². The molecule has 0 aromatic heterocycles. The predicted molar refractivity (Wildman–Crippen MR) is 86.4 cm³/mol. The zero-order chi connectivity index (χ0) is 14.8. The topological polar surface area (TPSA) is 49.5 Å². The molecule has 0 radical (unpaired) electrons. The van der Waals surface area contributed by atoms with Crippen LogP contribution in [0.4, 0.5) is 5.69 Å². The van der Waals surface area contributed by atoms with Crippen LogP contribution in [-0.4, -0.2) is 18.7 Å². The maximum atomic E-state index is 10.6. The maximum absolute atomic E-state index is 10.6. The number of aliphatic hydroxyl groups excluding tert-OH is 1. The summed E-state index contributed by atoms with van der Waals surface area (Å²) in [5.41, 5.74) is 10.6. The Morgan fingerprint density at radius 3 is 2.62 bits per heavy atom. The molecule has 1 aliphatic heterocycles. The van der Waals surface area contributed by atoms with Crippen molar-refractivity contribution in [2.45, 2.75) is 25.0 Å². The summed E-state index contributed by atoms with van der Waals surface area (Å²) >= 11 is 0. The standard InChI is InChI=1S/C18H22N2O/c1-20-11-5-8-14-12-15(9-10-16(14)20)18(21)17(19)13-6-3-2-4-7-13/h2-4,6-7,9-10,12,17-18,21H,5,8,11,19H2,1H3. The van der Waals surface area contributed by atoms with E-state index in [1.54, 1.807) is 0 Å². The van der Waals surface area contributed by atoms with Crippen LogP contribution < -0.4 is 10.6 Å². The van der Waals surface area contributed by atoms with E-state index in [-0.39, 0.29) is 0 Å². The van der Waals surface area contributed by atoms with Crippen LogP contribution in [0.2, 0.25) is 0 Å². The number of benzene rings is 2. The molecule has 1 aliphatic rings. The lowest BCUT2D eigenvalue weighted by Crippen LogP contribution is -2.25. The van der Waals surface area contributed by atoms with Crippen molar-refractivity contribution in [3.05, 3.63) is 65.2 Å². The van der Waals surface area contributed by atoms with Crippen molar-refractivity contribution in [2.24, 2.45) is 5.73 Å². The number of nitrogens with zero attached hydrogens (tertiary/aromatic N) is 1. The molecule has 0 spiro atoms. The van der Waals surface area contributed by atoms with Gasteiger partial charge >= 0.3 is 0 Å². The minimum absolute atomic E-state index is 0.398. The number of hydrogen-bond acceptors (Lipinski definition) is 3. The van der Waals surface area contributed by atoms with Crippen LogP contribution in [0.15, 0.2) is 48.5 Å². The van der Waals surface area contributed by atoms with E-state index in [2.05, 4.69) is 24.1 Å². The molecular formula is C18H22N2O. The van der Waals surface area contributed by atoms with Gasteiger partial charge < -0.3 is 15.7 Å². The second-order valence-electron chi connectivity index (χ2n) is 5.79. The van der Waals surface area contributed by atoms with Gasteiger partial charge in [-0.2, -0.15) is 0 Å². The van der Waals surface area contributed by atoms with E-state index in [1.165, 1.54) is 11.3 Å². The molecule has 3 heteroatoms. The first-order valence-electron chi connectivity index (χ1n) is 7.49. The molecule has 3 rings (SSSR count). The number of anilines is 1. The average Bonchev–Trinajstić information content (AvgIpc) is 2.54. The summed E-state index contributed by atoms with van der Waals surface area (Å²) in [5, 5.41) is 10.6. The Kier molecular flexibility index (Phi) is 3.95. The monoisotopic (exact) mass is 282 g/mol. The second kappa shape index (κ2) is 5.88. The SMILES string of the molecule is CN1CCCc2cc(C(O)C(N)c3ccccc3)ccc21. The van der Waals surface area contributed by atoms with Gasteiger partial charge in [-0.25, -0.2) is 0 Å². The normalized spacial score (nSPS) is 17.2. The molecular weight excluding hydrogens is 260 g/mol. The van der Waals surface area contributed by atoms with E-state index in [9.17, 15) is 5.11 Å². The fraction of sp³-hybridized carbons (Fsp3) is 0.333. The zero-order valence-corrected chi connectivity index (χ0v) is 12.4. The molecule has 0 saturated heterocycles. The number of aliphatic hydroxyl groups is 1. The average molecular weight is 282 g/mol. The third-order valence-electron chi connectivity index (χ3n) is 4.32. The summed E-state index contributed by atoms with van der Waals surface area (Å²) < 4.78 is 0. The van der Waals surface area contributed by atoms with Gasteiger partial charge in [0.05, 0.1) is 12.1 Å². The third kappa shape index (κ3) is 2.80. The van der Waals surface area contributed by atoms with Crippen LogP contribution in [0.1, 0.15) is 35.3 Å². The fourth-order valence-electron chi connectivity index (χ4n) is 3.05. The highest BCUT2D eigenvalue weighted by Crippen LogP contribution is 2.32. The van der Waals surface area contributed by atoms with Crippen LogP contribution in [0.5, 0.6) is 0 Å². The van der Waals surface area contributed by atoms with Crippen LogP contribution in [-0.2, 0) is 6.42 Å². The van der Waals surface area contributed by atoms with Gasteiger partial charge in [-0.1, -0.05) is 42.5 Å². The van der Waals surface area contributed by atoms with Crippen LogP contribution >= 0.6 is 0 Å². The van der Waals surface area contributed by atoms with E-state index < -0.39 is 12.1 Å². The van der Waals surface area contributed by atoms with Gasteiger partial charge in [0.1, 0.15) is 0 Å². The second-order valence-corrected chi connectivity index (χ2v) is 5.79. The number of fused-ring (bicyclic) bond motifs is 1. The summed E-state index contributed by atoms with van der Waals surface area (Å²) in [4.78, 5) is 2.27. The Morgan fingerprint density at radius 2 is 1.86 bits per heavy atom. The highest BCUT2D eigenvalue weighted by Gasteiger charge is 2.21. The quantitative estimate of drug-likeness (QED) is 0.910. The summed E-state index contributed by atoms with van der Waals surface area (Å²) in [7, 11) is 2.11. The molecule has 0 aliphatic carbocycles. The number of rotatable bonds is 3. The number of hydrogen-bond donors (Lipinski definition) is 2. The van der Waals surface area contributed by atoms with E-state index in [0.717, 1.165) is 30.5 Å². The summed E-state index contributed by atoms with van der Waals surface area (Å²) in [5.74, 6) is 0. The van der Waals surface area contributed by atoms with E-state index in [0.29, 0.717) is 0 Å². The van der Waals surface area contributed by atoms with Crippen molar-refractivity contribution in [2.75, 3.05) is 18.5 Å². The first-order chi connectivity index (χ1) is 10.2. The van der Waals surface area contributed by atoms with Crippen molar-refractivity contribution in [3.63, 3.8) is 0 Å². The highest BCUT2D eigenvalue weighted by molar-refractivity contribution is 5.56. The molecule has 0 fully saturated rings. The lowest BCUT2D eigenvalue weighted by Gasteiger charge is -2.29. The van der Waals surface area contributed by atoms with Gasteiger partial charge in [0.2, 0.25) is 0 Å². The molecule has 21 heavy (non-hydrogen) atoms. The molecule has 2 aromatic carbocycles. The Bertz CT molecular complexity index is 612. The number of nitrogens with two attached hydrogens (primary N) is 1. The molecule has 1 heterocycles. The zero-order valence-electron chi connectivity index (χ0n) is 12.4. The van der Waals surface area contributed by atoms with E-state index in [4.69, 9.17) is 5.73 Å². The van der Waals surface area contributed by atoms with Crippen molar-refractivity contribution >= 4 is 5.69 Å². The van der Waals surface area contributed by atoms with Crippen molar-refractivity contribution < 1.29 is 5.11 Å². The summed E-state index contributed by atoms with van der Waals surface area (Å²) in [6.45, 7) is 1.10. The molecule has 0 amide bonds. The third-order valence-corrected chi connectivity index (χ3v) is 4.32. The van der Waals surface area contributed by atoms with Crippen molar-refractivity contribution in [1.29, 1.82) is 0 Å². The van der Waals surface area contributed by atoms with Gasteiger partial charge in [0.25, 0.3) is 0 Å². The lowest BCUT2D eigenvalue weighted by atomic mass is 9.93.